The molecule has 0 bridgehead atoms. The van der Waals surface area contributed by atoms with Crippen LogP contribution in [-0.2, 0) is 22.7 Å². The van der Waals surface area contributed by atoms with Crippen LogP contribution in [0.2, 0.25) is 0 Å². The first kappa shape index (κ1) is 22.1. The molecule has 1 aromatic heterocycles. The monoisotopic (exact) mass is 476 g/mol. The van der Waals surface area contributed by atoms with E-state index in [1.165, 1.54) is 0 Å². The second-order valence-corrected chi connectivity index (χ2v) is 8.69. The first-order chi connectivity index (χ1) is 17.3. The Bertz CT molecular complexity index is 1200. The van der Waals surface area contributed by atoms with Crippen molar-refractivity contribution >= 4 is 11.5 Å². The van der Waals surface area contributed by atoms with E-state index >= 15 is 0 Å². The number of nitrogens with one attached hydrogen (secondary N) is 1. The zero-order valence-electron chi connectivity index (χ0n) is 19.5. The predicted molar refractivity (Wildman–Crippen MR) is 129 cm³/mol. The van der Waals surface area contributed by atoms with Gasteiger partial charge in [-0.25, -0.2) is 9.97 Å². The number of aromatic nitrogens is 2. The highest BCUT2D eigenvalue weighted by molar-refractivity contribution is 5.68. The molecule has 2 aromatic carbocycles. The van der Waals surface area contributed by atoms with Crippen molar-refractivity contribution in [3.8, 4) is 28.6 Å². The molecule has 0 amide bonds. The Hall–Kier alpha value is -3.40. The molecule has 9 nitrogen and oxygen atoms in total. The second-order valence-electron chi connectivity index (χ2n) is 8.69. The maximum Gasteiger partial charge on any atom is 0.231 e. The van der Waals surface area contributed by atoms with Gasteiger partial charge in [-0.1, -0.05) is 12.1 Å². The molecule has 0 radical (unpaired) electrons. The molecule has 6 rings (SSSR count). The zero-order chi connectivity index (χ0) is 23.5. The largest absolute Gasteiger partial charge is 0.494 e. The molecule has 4 heterocycles. The summed E-state index contributed by atoms with van der Waals surface area (Å²) in [6.45, 7) is 6.51. The lowest BCUT2D eigenvalue weighted by molar-refractivity contribution is 0.0358. The molecular formula is C26H28N4O5. The van der Waals surface area contributed by atoms with Gasteiger partial charge in [-0.3, -0.25) is 4.90 Å². The van der Waals surface area contributed by atoms with Gasteiger partial charge in [0.25, 0.3) is 0 Å². The summed E-state index contributed by atoms with van der Waals surface area (Å²) < 4.78 is 28.0. The Balaban J connectivity index is 1.17. The minimum absolute atomic E-state index is 0.241. The molecule has 0 atom stereocenters. The van der Waals surface area contributed by atoms with Gasteiger partial charge in [0, 0.05) is 42.5 Å². The molecular weight excluding hydrogens is 448 g/mol. The lowest BCUT2D eigenvalue weighted by atomic mass is 10.1. The number of benzene rings is 2. The molecule has 35 heavy (non-hydrogen) atoms. The van der Waals surface area contributed by atoms with Gasteiger partial charge in [0.1, 0.15) is 11.6 Å². The summed E-state index contributed by atoms with van der Waals surface area (Å²) in [5, 5.41) is 3.42. The van der Waals surface area contributed by atoms with Crippen LogP contribution in [-0.4, -0.2) is 61.1 Å². The summed E-state index contributed by atoms with van der Waals surface area (Å²) in [5.41, 5.74) is 3.64. The normalized spacial score (nSPS) is 16.8. The first-order valence-corrected chi connectivity index (χ1v) is 12.0. The van der Waals surface area contributed by atoms with Crippen LogP contribution in [0.1, 0.15) is 17.7 Å². The van der Waals surface area contributed by atoms with Crippen molar-refractivity contribution in [2.75, 3.05) is 51.6 Å². The zero-order valence-corrected chi connectivity index (χ0v) is 19.5. The van der Waals surface area contributed by atoms with Gasteiger partial charge in [-0.05, 0) is 30.7 Å². The molecule has 0 unspecified atom stereocenters. The van der Waals surface area contributed by atoms with Crippen LogP contribution < -0.4 is 19.5 Å². The molecule has 3 aromatic rings. The quantitative estimate of drug-likeness (QED) is 0.489. The topological polar surface area (TPSA) is 87.2 Å². The van der Waals surface area contributed by atoms with Crippen molar-refractivity contribution in [2.45, 2.75) is 19.6 Å². The number of rotatable bonds is 8. The number of hydrogen-bond donors (Lipinski definition) is 1. The smallest absolute Gasteiger partial charge is 0.231 e. The van der Waals surface area contributed by atoms with Gasteiger partial charge in [-0.2, -0.15) is 0 Å². The van der Waals surface area contributed by atoms with Gasteiger partial charge < -0.3 is 29.0 Å². The minimum atomic E-state index is 0.241. The second kappa shape index (κ2) is 10.1. The van der Waals surface area contributed by atoms with Crippen LogP contribution in [0.3, 0.4) is 0 Å². The average Bonchev–Trinajstić information content (AvgIpc) is 3.57. The Morgan fingerprint density at radius 2 is 1.86 bits per heavy atom. The summed E-state index contributed by atoms with van der Waals surface area (Å²) in [4.78, 5) is 12.1. The van der Waals surface area contributed by atoms with E-state index in [4.69, 9.17) is 33.7 Å². The van der Waals surface area contributed by atoms with E-state index in [-0.39, 0.29) is 6.79 Å². The van der Waals surface area contributed by atoms with Crippen molar-refractivity contribution in [1.82, 2.24) is 14.9 Å². The van der Waals surface area contributed by atoms with E-state index in [1.807, 2.05) is 42.5 Å². The standard InChI is InChI=1S/C26H28N4O5/c1-3-18(13-20(4-1)33-10-2-7-30-8-11-31-12-9-30)25-28-22-16-32-15-21(22)26(29-25)27-19-5-6-23-24(14-19)35-17-34-23/h1,3-6,13-14H,2,7-12,15-17H2,(H,27,28,29). The van der Waals surface area contributed by atoms with E-state index in [9.17, 15) is 0 Å². The van der Waals surface area contributed by atoms with Crippen molar-refractivity contribution in [3.05, 3.63) is 53.7 Å². The van der Waals surface area contributed by atoms with Crippen LogP contribution in [0, 0.1) is 0 Å². The van der Waals surface area contributed by atoms with Crippen LogP contribution >= 0.6 is 0 Å². The fourth-order valence-corrected chi connectivity index (χ4v) is 4.42. The fourth-order valence-electron chi connectivity index (χ4n) is 4.42. The molecule has 3 aliphatic rings. The highest BCUT2D eigenvalue weighted by Crippen LogP contribution is 2.36. The van der Waals surface area contributed by atoms with Crippen LogP contribution in [0.15, 0.2) is 42.5 Å². The van der Waals surface area contributed by atoms with Gasteiger partial charge in [0.05, 0.1) is 38.7 Å². The number of fused-ring (bicyclic) bond motifs is 2. The van der Waals surface area contributed by atoms with Gasteiger partial charge in [0.2, 0.25) is 6.79 Å². The lowest BCUT2D eigenvalue weighted by Gasteiger charge is -2.26. The van der Waals surface area contributed by atoms with E-state index in [1.54, 1.807) is 0 Å². The Labute approximate surface area is 203 Å². The van der Waals surface area contributed by atoms with Crippen molar-refractivity contribution in [2.24, 2.45) is 0 Å². The Morgan fingerprint density at radius 3 is 2.80 bits per heavy atom. The maximum atomic E-state index is 6.04. The highest BCUT2D eigenvalue weighted by atomic mass is 16.7. The molecule has 1 saturated heterocycles. The highest BCUT2D eigenvalue weighted by Gasteiger charge is 2.22. The number of morpholine rings is 1. The Morgan fingerprint density at radius 1 is 0.943 bits per heavy atom. The van der Waals surface area contributed by atoms with E-state index in [2.05, 4.69) is 10.2 Å². The fraction of sp³-hybridized carbons (Fsp3) is 0.385. The summed E-state index contributed by atoms with van der Waals surface area (Å²) >= 11 is 0. The maximum absolute atomic E-state index is 6.04. The lowest BCUT2D eigenvalue weighted by Crippen LogP contribution is -2.37. The first-order valence-electron chi connectivity index (χ1n) is 12.0. The van der Waals surface area contributed by atoms with Crippen LogP contribution in [0.5, 0.6) is 17.2 Å². The third-order valence-corrected chi connectivity index (χ3v) is 6.30. The molecule has 0 spiro atoms. The van der Waals surface area contributed by atoms with Crippen LogP contribution in [0.25, 0.3) is 11.4 Å². The van der Waals surface area contributed by atoms with Crippen molar-refractivity contribution < 1.29 is 23.7 Å². The van der Waals surface area contributed by atoms with Gasteiger partial charge in [0.15, 0.2) is 17.3 Å². The number of ether oxygens (including phenoxy) is 5. The SMILES string of the molecule is c1cc(OCCCN2CCOCC2)cc(-c2nc3c(c(Nc4ccc5c(c4)OCO5)n2)COC3)c1. The average molecular weight is 477 g/mol. The number of nitrogens with zero attached hydrogens (tertiary/aromatic N) is 3. The summed E-state index contributed by atoms with van der Waals surface area (Å²) in [5.74, 6) is 3.65. The molecule has 182 valence electrons. The number of hydrogen-bond acceptors (Lipinski definition) is 9. The van der Waals surface area contributed by atoms with Crippen molar-refractivity contribution in [1.29, 1.82) is 0 Å². The third-order valence-electron chi connectivity index (χ3n) is 6.30. The predicted octanol–water partition coefficient (Wildman–Crippen LogP) is 3.75. The minimum Gasteiger partial charge on any atom is -0.494 e. The molecule has 1 fully saturated rings. The number of anilines is 2. The summed E-state index contributed by atoms with van der Waals surface area (Å²) in [6.07, 6.45) is 0.973. The molecule has 0 aliphatic carbocycles. The van der Waals surface area contributed by atoms with Gasteiger partial charge >= 0.3 is 0 Å². The van der Waals surface area contributed by atoms with Crippen LogP contribution in [0.4, 0.5) is 11.5 Å². The van der Waals surface area contributed by atoms with E-state index in [0.29, 0.717) is 25.6 Å². The molecule has 3 aliphatic heterocycles. The van der Waals surface area contributed by atoms with E-state index in [0.717, 1.165) is 84.8 Å². The third kappa shape index (κ3) is 5.02. The summed E-state index contributed by atoms with van der Waals surface area (Å²) in [7, 11) is 0. The molecule has 0 saturated carbocycles. The molecule has 9 heteroatoms. The molecule has 1 N–H and O–H groups in total. The Kier molecular flexibility index (Phi) is 6.35. The van der Waals surface area contributed by atoms with Gasteiger partial charge in [-0.15, -0.1) is 0 Å². The van der Waals surface area contributed by atoms with Crippen molar-refractivity contribution in [3.63, 3.8) is 0 Å². The van der Waals surface area contributed by atoms with E-state index < -0.39 is 0 Å². The summed E-state index contributed by atoms with van der Waals surface area (Å²) in [6, 6.07) is 13.7.